The molecule has 3 atom stereocenters. The predicted octanol–water partition coefficient (Wildman–Crippen LogP) is 3.58. The highest BCUT2D eigenvalue weighted by Gasteiger charge is 2.28. The molecule has 2 aromatic carbocycles. The largest absolute Gasteiger partial charge is 0.481 e. The Balaban J connectivity index is 2.12. The molecule has 5 heteroatoms. The fourth-order valence-corrected chi connectivity index (χ4v) is 2.71. The number of amides is 1. The number of carboxylic acid groups (broad SMARTS) is 1. The van der Waals surface area contributed by atoms with Crippen LogP contribution in [-0.2, 0) is 16.0 Å². The molecular weight excluding hydrogens is 321 g/mol. The number of carbonyl (C=O) groups is 2. The van der Waals surface area contributed by atoms with Gasteiger partial charge in [0.15, 0.2) is 0 Å². The van der Waals surface area contributed by atoms with Crippen molar-refractivity contribution < 1.29 is 19.1 Å². The van der Waals surface area contributed by atoms with Gasteiger partial charge in [0.2, 0.25) is 5.91 Å². The normalized spacial score (nSPS) is 14.4. The van der Waals surface area contributed by atoms with Gasteiger partial charge in [0.1, 0.15) is 5.82 Å². The Morgan fingerprint density at radius 1 is 1.08 bits per heavy atom. The number of nitrogens with one attached hydrogen (secondary N) is 1. The second kappa shape index (κ2) is 8.42. The van der Waals surface area contributed by atoms with Gasteiger partial charge in [-0.2, -0.15) is 0 Å². The van der Waals surface area contributed by atoms with Gasteiger partial charge in [-0.3, -0.25) is 9.59 Å². The number of carboxylic acids is 1. The molecule has 0 fully saturated rings. The molecule has 0 heterocycles. The Hall–Kier alpha value is -2.69. The summed E-state index contributed by atoms with van der Waals surface area (Å²) in [4.78, 5) is 23.9. The molecule has 132 valence electrons. The molecule has 0 spiro atoms. The molecule has 0 aromatic heterocycles. The monoisotopic (exact) mass is 343 g/mol. The van der Waals surface area contributed by atoms with Crippen molar-refractivity contribution >= 4 is 11.9 Å². The molecule has 0 aliphatic rings. The van der Waals surface area contributed by atoms with Crippen molar-refractivity contribution in [2.75, 3.05) is 0 Å². The molecule has 0 saturated carbocycles. The third kappa shape index (κ3) is 5.14. The molecule has 3 unspecified atom stereocenters. The molecule has 0 radical (unpaired) electrons. The maximum Gasteiger partial charge on any atom is 0.308 e. The van der Waals surface area contributed by atoms with E-state index in [1.54, 1.807) is 50.2 Å². The molecule has 2 N–H and O–H groups in total. The standard InChI is InChI=1S/C20H22FNO3/c1-13(11-15-7-6-10-17(21)12-15)19(23)22-18(14(2)20(24)25)16-8-4-3-5-9-16/h3-10,12-14,18H,11H2,1-2H3,(H,22,23)(H,24,25). The number of hydrogen-bond donors (Lipinski definition) is 2. The van der Waals surface area contributed by atoms with Crippen LogP contribution in [0, 0.1) is 17.7 Å². The first-order valence-electron chi connectivity index (χ1n) is 8.21. The van der Waals surface area contributed by atoms with Gasteiger partial charge in [0.05, 0.1) is 12.0 Å². The minimum Gasteiger partial charge on any atom is -0.481 e. The van der Waals surface area contributed by atoms with E-state index in [2.05, 4.69) is 5.32 Å². The molecule has 4 nitrogen and oxygen atoms in total. The smallest absolute Gasteiger partial charge is 0.308 e. The Morgan fingerprint density at radius 2 is 1.76 bits per heavy atom. The molecule has 1 amide bonds. The number of aliphatic carboxylic acids is 1. The summed E-state index contributed by atoms with van der Waals surface area (Å²) in [6.07, 6.45) is 0.382. The average molecular weight is 343 g/mol. The van der Waals surface area contributed by atoms with E-state index in [1.807, 2.05) is 6.07 Å². The number of hydrogen-bond acceptors (Lipinski definition) is 2. The Labute approximate surface area is 146 Å². The van der Waals surface area contributed by atoms with Gasteiger partial charge in [-0.25, -0.2) is 4.39 Å². The first-order chi connectivity index (χ1) is 11.9. The lowest BCUT2D eigenvalue weighted by Gasteiger charge is -2.24. The highest BCUT2D eigenvalue weighted by molar-refractivity contribution is 5.80. The maximum absolute atomic E-state index is 13.3. The van der Waals surface area contributed by atoms with Crippen molar-refractivity contribution in [2.45, 2.75) is 26.3 Å². The summed E-state index contributed by atoms with van der Waals surface area (Å²) >= 11 is 0. The van der Waals surface area contributed by atoms with Crippen molar-refractivity contribution in [2.24, 2.45) is 11.8 Å². The second-order valence-corrected chi connectivity index (χ2v) is 6.26. The van der Waals surface area contributed by atoms with Crippen molar-refractivity contribution in [3.63, 3.8) is 0 Å². The van der Waals surface area contributed by atoms with Crippen LogP contribution in [0.5, 0.6) is 0 Å². The van der Waals surface area contributed by atoms with E-state index in [4.69, 9.17) is 0 Å². The summed E-state index contributed by atoms with van der Waals surface area (Å²) in [5, 5.41) is 12.2. The van der Waals surface area contributed by atoms with Crippen LogP contribution < -0.4 is 5.32 Å². The van der Waals surface area contributed by atoms with Crippen LogP contribution in [0.3, 0.4) is 0 Å². The third-order valence-corrected chi connectivity index (χ3v) is 4.22. The van der Waals surface area contributed by atoms with Crippen LogP contribution in [-0.4, -0.2) is 17.0 Å². The highest BCUT2D eigenvalue weighted by atomic mass is 19.1. The topological polar surface area (TPSA) is 66.4 Å². The summed E-state index contributed by atoms with van der Waals surface area (Å²) in [6.45, 7) is 3.31. The summed E-state index contributed by atoms with van der Waals surface area (Å²) in [6, 6.07) is 14.5. The fourth-order valence-electron chi connectivity index (χ4n) is 2.71. The number of halogens is 1. The van der Waals surface area contributed by atoms with E-state index in [0.717, 1.165) is 11.1 Å². The van der Waals surface area contributed by atoms with Gasteiger partial charge in [0, 0.05) is 5.92 Å². The minimum atomic E-state index is -0.980. The number of carbonyl (C=O) groups excluding carboxylic acids is 1. The van der Waals surface area contributed by atoms with Gasteiger partial charge in [-0.15, -0.1) is 0 Å². The molecule has 0 aliphatic heterocycles. The number of rotatable bonds is 7. The van der Waals surface area contributed by atoms with Gasteiger partial charge >= 0.3 is 5.97 Å². The van der Waals surface area contributed by atoms with Crippen molar-refractivity contribution in [3.05, 3.63) is 71.5 Å². The van der Waals surface area contributed by atoms with E-state index < -0.39 is 23.8 Å². The fraction of sp³-hybridized carbons (Fsp3) is 0.300. The van der Waals surface area contributed by atoms with E-state index in [0.29, 0.717) is 6.42 Å². The van der Waals surface area contributed by atoms with E-state index >= 15 is 0 Å². The molecule has 0 bridgehead atoms. The molecule has 2 aromatic rings. The van der Waals surface area contributed by atoms with E-state index in [9.17, 15) is 19.1 Å². The minimum absolute atomic E-state index is 0.258. The lowest BCUT2D eigenvalue weighted by Crippen LogP contribution is -2.38. The van der Waals surface area contributed by atoms with Crippen molar-refractivity contribution in [1.29, 1.82) is 0 Å². The highest BCUT2D eigenvalue weighted by Crippen LogP contribution is 2.23. The van der Waals surface area contributed by atoms with Gasteiger partial charge in [0.25, 0.3) is 0 Å². The Morgan fingerprint density at radius 3 is 2.36 bits per heavy atom. The molecule has 2 rings (SSSR count). The molecule has 0 saturated heterocycles. The lowest BCUT2D eigenvalue weighted by atomic mass is 9.93. The second-order valence-electron chi connectivity index (χ2n) is 6.26. The molecular formula is C20H22FNO3. The predicted molar refractivity (Wildman–Crippen MR) is 93.4 cm³/mol. The Bertz CT molecular complexity index is 733. The van der Waals surface area contributed by atoms with Crippen LogP contribution in [0.1, 0.15) is 31.0 Å². The van der Waals surface area contributed by atoms with Crippen LogP contribution in [0.4, 0.5) is 4.39 Å². The maximum atomic E-state index is 13.3. The van der Waals surface area contributed by atoms with Crippen LogP contribution in [0.2, 0.25) is 0 Å². The molecule has 25 heavy (non-hydrogen) atoms. The first kappa shape index (κ1) is 18.6. The zero-order valence-corrected chi connectivity index (χ0v) is 14.3. The van der Waals surface area contributed by atoms with Gasteiger partial charge in [-0.1, -0.05) is 49.4 Å². The van der Waals surface area contributed by atoms with Crippen LogP contribution >= 0.6 is 0 Å². The summed E-state index contributed by atoms with van der Waals surface area (Å²) < 4.78 is 13.3. The zero-order chi connectivity index (χ0) is 18.4. The van der Waals surface area contributed by atoms with Gasteiger partial charge in [-0.05, 0) is 36.6 Å². The summed E-state index contributed by atoms with van der Waals surface area (Å²) in [7, 11) is 0. The quantitative estimate of drug-likeness (QED) is 0.807. The number of benzene rings is 2. The average Bonchev–Trinajstić information content (AvgIpc) is 2.59. The van der Waals surface area contributed by atoms with E-state index in [-0.39, 0.29) is 11.7 Å². The molecule has 0 aliphatic carbocycles. The van der Waals surface area contributed by atoms with Crippen LogP contribution in [0.15, 0.2) is 54.6 Å². The van der Waals surface area contributed by atoms with Crippen LogP contribution in [0.25, 0.3) is 0 Å². The van der Waals surface area contributed by atoms with Crippen molar-refractivity contribution in [3.8, 4) is 0 Å². The Kier molecular flexibility index (Phi) is 6.28. The lowest BCUT2D eigenvalue weighted by molar-refractivity contribution is -0.142. The SMILES string of the molecule is CC(Cc1cccc(F)c1)C(=O)NC(c1ccccc1)C(C)C(=O)O. The third-order valence-electron chi connectivity index (χ3n) is 4.22. The van der Waals surface area contributed by atoms with Gasteiger partial charge < -0.3 is 10.4 Å². The summed E-state index contributed by atoms with van der Waals surface area (Å²) in [5.41, 5.74) is 1.47. The first-order valence-corrected chi connectivity index (χ1v) is 8.21. The van der Waals surface area contributed by atoms with Crippen molar-refractivity contribution in [1.82, 2.24) is 5.32 Å². The summed E-state index contributed by atoms with van der Waals surface area (Å²) in [5.74, 6) is -2.76. The zero-order valence-electron chi connectivity index (χ0n) is 14.3. The van der Waals surface area contributed by atoms with E-state index in [1.165, 1.54) is 12.1 Å².